The summed E-state index contributed by atoms with van der Waals surface area (Å²) >= 11 is 0. The minimum Gasteiger partial charge on any atom is -0.330 e. The molecule has 0 aromatic heterocycles. The van der Waals surface area contributed by atoms with E-state index in [-0.39, 0.29) is 0 Å². The number of hydrogen-bond acceptors (Lipinski definition) is 1. The fourth-order valence-electron chi connectivity index (χ4n) is 4.32. The van der Waals surface area contributed by atoms with Crippen LogP contribution in [0.1, 0.15) is 108 Å². The Hall–Kier alpha value is -0.860. The maximum atomic E-state index is 5.53. The summed E-state index contributed by atoms with van der Waals surface area (Å²) in [4.78, 5) is 0. The van der Waals surface area contributed by atoms with Crippen LogP contribution in [-0.4, -0.2) is 31.7 Å². The summed E-state index contributed by atoms with van der Waals surface area (Å²) in [6.07, 6.45) is 22.6. The minimum atomic E-state index is 0.867. The van der Waals surface area contributed by atoms with Crippen LogP contribution in [0.2, 0.25) is 0 Å². The van der Waals surface area contributed by atoms with Crippen molar-refractivity contribution in [2.45, 2.75) is 109 Å². The zero-order valence-electron chi connectivity index (χ0n) is 19.8. The van der Waals surface area contributed by atoms with Gasteiger partial charge in [0.1, 0.15) is 6.54 Å². The van der Waals surface area contributed by atoms with Crippen LogP contribution < -0.4 is 5.73 Å². The molecule has 0 atom stereocenters. The zero-order chi connectivity index (χ0) is 21.0. The van der Waals surface area contributed by atoms with Gasteiger partial charge in [0.15, 0.2) is 0 Å². The molecule has 29 heavy (non-hydrogen) atoms. The normalized spacial score (nSPS) is 11.8. The van der Waals surface area contributed by atoms with Crippen molar-refractivity contribution >= 4 is 0 Å². The molecule has 0 amide bonds. The van der Waals surface area contributed by atoms with Crippen LogP contribution in [0.3, 0.4) is 0 Å². The van der Waals surface area contributed by atoms with Crippen molar-refractivity contribution < 1.29 is 4.48 Å². The lowest BCUT2D eigenvalue weighted by molar-refractivity contribution is -0.903. The maximum absolute atomic E-state index is 5.53. The van der Waals surface area contributed by atoms with Gasteiger partial charge in [-0.15, -0.1) is 0 Å². The number of quaternary nitrogens is 1. The van der Waals surface area contributed by atoms with E-state index >= 15 is 0 Å². The summed E-state index contributed by atoms with van der Waals surface area (Å²) in [6.45, 7) is 3.31. The first-order chi connectivity index (χ1) is 14.1. The summed E-state index contributed by atoms with van der Waals surface area (Å²) in [7, 11) is 4.74. The lowest BCUT2D eigenvalue weighted by Gasteiger charge is -2.30. The van der Waals surface area contributed by atoms with Crippen molar-refractivity contribution in [3.63, 3.8) is 0 Å². The highest BCUT2D eigenvalue weighted by Gasteiger charge is 2.14. The SMILES string of the molecule is C[N+](C)(CCCCCCCCCCCCCCCCCCN)Cc1ccccc1. The first kappa shape index (κ1) is 26.2. The molecule has 0 saturated carbocycles. The van der Waals surface area contributed by atoms with Gasteiger partial charge in [-0.05, 0) is 25.8 Å². The molecule has 1 aromatic rings. The lowest BCUT2D eigenvalue weighted by Crippen LogP contribution is -2.39. The van der Waals surface area contributed by atoms with Gasteiger partial charge in [-0.1, -0.05) is 114 Å². The Kier molecular flexibility index (Phi) is 16.2. The van der Waals surface area contributed by atoms with E-state index in [0.717, 1.165) is 17.6 Å². The maximum Gasteiger partial charge on any atom is 0.104 e. The average molecular weight is 404 g/mol. The van der Waals surface area contributed by atoms with E-state index in [4.69, 9.17) is 5.73 Å². The van der Waals surface area contributed by atoms with Crippen LogP contribution in [0, 0.1) is 0 Å². The predicted octanol–water partition coefficient (Wildman–Crippen LogP) is 7.46. The molecule has 2 heteroatoms. The van der Waals surface area contributed by atoms with E-state index in [9.17, 15) is 0 Å². The van der Waals surface area contributed by atoms with Gasteiger partial charge in [-0.3, -0.25) is 0 Å². The molecule has 0 aliphatic carbocycles. The molecule has 2 N–H and O–H groups in total. The lowest BCUT2D eigenvalue weighted by atomic mass is 10.0. The monoisotopic (exact) mass is 403 g/mol. The molecule has 0 aliphatic rings. The van der Waals surface area contributed by atoms with Crippen LogP contribution in [-0.2, 0) is 6.54 Å². The third-order valence-corrected chi connectivity index (χ3v) is 6.17. The minimum absolute atomic E-state index is 0.867. The molecule has 1 rings (SSSR count). The van der Waals surface area contributed by atoms with Gasteiger partial charge in [0, 0.05) is 5.56 Å². The Balaban J connectivity index is 1.81. The van der Waals surface area contributed by atoms with Crippen LogP contribution in [0.25, 0.3) is 0 Å². The number of unbranched alkanes of at least 4 members (excludes halogenated alkanes) is 15. The summed E-state index contributed by atoms with van der Waals surface area (Å²) < 4.78 is 1.11. The molecule has 168 valence electrons. The first-order valence-corrected chi connectivity index (χ1v) is 12.7. The van der Waals surface area contributed by atoms with Gasteiger partial charge >= 0.3 is 0 Å². The molecule has 0 saturated heterocycles. The molecular formula is C27H51N2+. The van der Waals surface area contributed by atoms with E-state index < -0.39 is 0 Å². The number of rotatable bonds is 20. The second-order valence-electron chi connectivity index (χ2n) is 9.75. The highest BCUT2D eigenvalue weighted by Crippen LogP contribution is 2.15. The van der Waals surface area contributed by atoms with E-state index in [1.165, 1.54) is 115 Å². The van der Waals surface area contributed by atoms with Crippen molar-refractivity contribution in [1.29, 1.82) is 0 Å². The second-order valence-corrected chi connectivity index (χ2v) is 9.75. The number of nitrogens with zero attached hydrogens (tertiary/aromatic N) is 1. The number of hydrogen-bond donors (Lipinski definition) is 1. The van der Waals surface area contributed by atoms with Crippen LogP contribution in [0.15, 0.2) is 30.3 Å². The summed E-state index contributed by atoms with van der Waals surface area (Å²) in [5.74, 6) is 0. The van der Waals surface area contributed by atoms with E-state index in [0.29, 0.717) is 0 Å². The molecule has 0 heterocycles. The summed E-state index contributed by atoms with van der Waals surface area (Å²) in [6, 6.07) is 10.9. The molecule has 0 aliphatic heterocycles. The molecule has 0 fully saturated rings. The van der Waals surface area contributed by atoms with Crippen molar-refractivity contribution in [1.82, 2.24) is 0 Å². The molecule has 0 spiro atoms. The largest absolute Gasteiger partial charge is 0.330 e. The van der Waals surface area contributed by atoms with Crippen molar-refractivity contribution in [2.24, 2.45) is 5.73 Å². The van der Waals surface area contributed by atoms with Gasteiger partial charge in [0.05, 0.1) is 20.6 Å². The van der Waals surface area contributed by atoms with Gasteiger partial charge in [0.2, 0.25) is 0 Å². The highest BCUT2D eigenvalue weighted by atomic mass is 15.3. The first-order valence-electron chi connectivity index (χ1n) is 12.7. The van der Waals surface area contributed by atoms with Gasteiger partial charge in [0.25, 0.3) is 0 Å². The molecular weight excluding hydrogens is 352 g/mol. The topological polar surface area (TPSA) is 26.0 Å². The Bertz CT molecular complexity index is 455. The Labute approximate surface area is 182 Å². The highest BCUT2D eigenvalue weighted by molar-refractivity contribution is 5.13. The van der Waals surface area contributed by atoms with Crippen molar-refractivity contribution in [3.8, 4) is 0 Å². The van der Waals surface area contributed by atoms with Gasteiger partial charge in [-0.25, -0.2) is 0 Å². The predicted molar refractivity (Wildman–Crippen MR) is 130 cm³/mol. The molecule has 0 unspecified atom stereocenters. The number of benzene rings is 1. The average Bonchev–Trinajstić information content (AvgIpc) is 2.70. The Morgan fingerprint density at radius 2 is 0.931 bits per heavy atom. The molecule has 0 radical (unpaired) electrons. The summed E-state index contributed by atoms with van der Waals surface area (Å²) in [5, 5.41) is 0. The van der Waals surface area contributed by atoms with Crippen LogP contribution >= 0.6 is 0 Å². The van der Waals surface area contributed by atoms with Crippen LogP contribution in [0.4, 0.5) is 0 Å². The Morgan fingerprint density at radius 1 is 0.552 bits per heavy atom. The van der Waals surface area contributed by atoms with E-state index in [1.807, 2.05) is 0 Å². The van der Waals surface area contributed by atoms with E-state index in [1.54, 1.807) is 0 Å². The fourth-order valence-corrected chi connectivity index (χ4v) is 4.32. The Morgan fingerprint density at radius 3 is 1.34 bits per heavy atom. The quantitative estimate of drug-likeness (QED) is 0.177. The molecule has 1 aromatic carbocycles. The molecule has 0 bridgehead atoms. The van der Waals surface area contributed by atoms with Gasteiger partial charge in [-0.2, -0.15) is 0 Å². The van der Waals surface area contributed by atoms with Crippen molar-refractivity contribution in [2.75, 3.05) is 27.2 Å². The third-order valence-electron chi connectivity index (χ3n) is 6.17. The zero-order valence-corrected chi connectivity index (χ0v) is 19.8. The van der Waals surface area contributed by atoms with Crippen LogP contribution in [0.5, 0.6) is 0 Å². The number of nitrogens with two attached hydrogens (primary N) is 1. The molecule has 2 nitrogen and oxygen atoms in total. The summed E-state index contributed by atoms with van der Waals surface area (Å²) in [5.41, 5.74) is 6.99. The second kappa shape index (κ2) is 18.0. The third kappa shape index (κ3) is 16.6. The van der Waals surface area contributed by atoms with Gasteiger partial charge < -0.3 is 10.2 Å². The smallest absolute Gasteiger partial charge is 0.104 e. The van der Waals surface area contributed by atoms with Crippen molar-refractivity contribution in [3.05, 3.63) is 35.9 Å². The fraction of sp³-hybridized carbons (Fsp3) is 0.778. The standard InChI is InChI=1S/C27H51N2/c1-29(2,26-27-22-18-17-19-23-27)25-21-16-14-12-10-8-6-4-3-5-7-9-11-13-15-20-24-28/h17-19,22-23H,3-16,20-21,24-26,28H2,1-2H3/q+1. The van der Waals surface area contributed by atoms with E-state index in [2.05, 4.69) is 44.4 Å².